The molecule has 126 valence electrons. The molecule has 0 aliphatic rings. The van der Waals surface area contributed by atoms with E-state index in [2.05, 4.69) is 14.8 Å². The highest BCUT2D eigenvalue weighted by Crippen LogP contribution is 2.16. The average molecular weight is 329 g/mol. The summed E-state index contributed by atoms with van der Waals surface area (Å²) in [6.07, 6.45) is -0.174. The third-order valence-corrected chi connectivity index (χ3v) is 3.60. The molecule has 1 N–H and O–H groups in total. The standard InChI is InChI=1S/C18H19NO5/c1-23-17(21)11-15(18(22)24-2)19-16(20)10-12-7-8-13-5-3-4-6-14(13)9-12/h3-9,15H,10-11H2,1-2H3,(H,19,20)/t15-/m0/s1. The molecule has 0 saturated carbocycles. The van der Waals surface area contributed by atoms with Gasteiger partial charge in [-0.2, -0.15) is 0 Å². The summed E-state index contributed by atoms with van der Waals surface area (Å²) in [5, 5.41) is 4.63. The summed E-state index contributed by atoms with van der Waals surface area (Å²) in [5.41, 5.74) is 0.813. The molecule has 0 unspecified atom stereocenters. The van der Waals surface area contributed by atoms with E-state index in [0.717, 1.165) is 16.3 Å². The van der Waals surface area contributed by atoms with Gasteiger partial charge in [-0.25, -0.2) is 4.79 Å². The summed E-state index contributed by atoms with van der Waals surface area (Å²) < 4.78 is 9.13. The second-order valence-electron chi connectivity index (χ2n) is 5.28. The number of rotatable bonds is 6. The fraction of sp³-hybridized carbons (Fsp3) is 0.278. The molecule has 1 amide bonds. The lowest BCUT2D eigenvalue weighted by Gasteiger charge is -2.15. The van der Waals surface area contributed by atoms with Crippen molar-refractivity contribution in [2.24, 2.45) is 0 Å². The predicted octanol–water partition coefficient (Wildman–Crippen LogP) is 1.60. The number of ether oxygens (including phenoxy) is 2. The van der Waals surface area contributed by atoms with E-state index in [1.807, 2.05) is 42.5 Å². The Bertz CT molecular complexity index is 756. The van der Waals surface area contributed by atoms with Gasteiger partial charge < -0.3 is 14.8 Å². The number of fused-ring (bicyclic) bond motifs is 1. The van der Waals surface area contributed by atoms with Crippen molar-refractivity contribution in [2.75, 3.05) is 14.2 Å². The van der Waals surface area contributed by atoms with Gasteiger partial charge >= 0.3 is 11.9 Å². The Morgan fingerprint density at radius 2 is 1.71 bits per heavy atom. The molecule has 2 rings (SSSR count). The van der Waals surface area contributed by atoms with E-state index in [0.29, 0.717) is 0 Å². The summed E-state index contributed by atoms with van der Waals surface area (Å²) in [6, 6.07) is 12.5. The maximum Gasteiger partial charge on any atom is 0.328 e. The first-order valence-corrected chi connectivity index (χ1v) is 7.45. The molecule has 0 spiro atoms. The van der Waals surface area contributed by atoms with E-state index in [1.165, 1.54) is 14.2 Å². The van der Waals surface area contributed by atoms with Crippen molar-refractivity contribution in [1.29, 1.82) is 0 Å². The summed E-state index contributed by atoms with van der Waals surface area (Å²) >= 11 is 0. The van der Waals surface area contributed by atoms with Gasteiger partial charge in [0.1, 0.15) is 6.04 Å². The monoisotopic (exact) mass is 329 g/mol. The van der Waals surface area contributed by atoms with Crippen LogP contribution in [0.25, 0.3) is 10.8 Å². The van der Waals surface area contributed by atoms with E-state index in [4.69, 9.17) is 0 Å². The molecule has 0 aliphatic carbocycles. The Morgan fingerprint density at radius 3 is 2.38 bits per heavy atom. The van der Waals surface area contributed by atoms with Gasteiger partial charge in [-0.1, -0.05) is 42.5 Å². The maximum atomic E-state index is 12.2. The molecule has 0 radical (unpaired) electrons. The minimum atomic E-state index is -1.06. The molecule has 0 bridgehead atoms. The van der Waals surface area contributed by atoms with E-state index >= 15 is 0 Å². The van der Waals surface area contributed by atoms with Crippen molar-refractivity contribution in [3.05, 3.63) is 48.0 Å². The highest BCUT2D eigenvalue weighted by molar-refractivity contribution is 5.89. The first kappa shape index (κ1) is 17.5. The van der Waals surface area contributed by atoms with Crippen LogP contribution in [0.5, 0.6) is 0 Å². The van der Waals surface area contributed by atoms with Gasteiger partial charge in [-0.05, 0) is 16.3 Å². The van der Waals surface area contributed by atoms with Gasteiger partial charge in [0.15, 0.2) is 0 Å². The topological polar surface area (TPSA) is 81.7 Å². The van der Waals surface area contributed by atoms with Crippen molar-refractivity contribution in [3.63, 3.8) is 0 Å². The molecule has 6 heteroatoms. The van der Waals surface area contributed by atoms with E-state index < -0.39 is 18.0 Å². The number of esters is 2. The second-order valence-corrected chi connectivity index (χ2v) is 5.28. The summed E-state index contributed by atoms with van der Waals surface area (Å²) in [4.78, 5) is 35.2. The van der Waals surface area contributed by atoms with Crippen molar-refractivity contribution >= 4 is 28.6 Å². The van der Waals surface area contributed by atoms with Crippen LogP contribution in [0.1, 0.15) is 12.0 Å². The van der Waals surface area contributed by atoms with Crippen LogP contribution in [0, 0.1) is 0 Å². The lowest BCUT2D eigenvalue weighted by molar-refractivity contribution is -0.150. The maximum absolute atomic E-state index is 12.2. The van der Waals surface area contributed by atoms with Gasteiger partial charge in [0, 0.05) is 0 Å². The Hall–Kier alpha value is -2.89. The van der Waals surface area contributed by atoms with Crippen LogP contribution in [0.3, 0.4) is 0 Å². The number of methoxy groups -OCH3 is 2. The molecular formula is C18H19NO5. The largest absolute Gasteiger partial charge is 0.469 e. The van der Waals surface area contributed by atoms with Crippen molar-refractivity contribution in [3.8, 4) is 0 Å². The minimum Gasteiger partial charge on any atom is -0.469 e. The highest BCUT2D eigenvalue weighted by atomic mass is 16.5. The first-order chi connectivity index (χ1) is 11.5. The molecule has 0 heterocycles. The third kappa shape index (κ3) is 4.55. The molecule has 2 aromatic rings. The van der Waals surface area contributed by atoms with Crippen LogP contribution in [0.2, 0.25) is 0 Å². The molecular weight excluding hydrogens is 310 g/mol. The molecule has 0 aromatic heterocycles. The third-order valence-electron chi connectivity index (χ3n) is 3.60. The molecule has 6 nitrogen and oxygen atoms in total. The fourth-order valence-electron chi connectivity index (χ4n) is 2.37. The summed E-state index contributed by atoms with van der Waals surface area (Å²) in [5.74, 6) is -1.66. The van der Waals surface area contributed by atoms with Crippen molar-refractivity contribution in [1.82, 2.24) is 5.32 Å². The van der Waals surface area contributed by atoms with Crippen LogP contribution in [0.4, 0.5) is 0 Å². The smallest absolute Gasteiger partial charge is 0.328 e. The number of benzene rings is 2. The van der Waals surface area contributed by atoms with Crippen LogP contribution in [-0.4, -0.2) is 38.1 Å². The Morgan fingerprint density at radius 1 is 1.00 bits per heavy atom. The predicted molar refractivity (Wildman–Crippen MR) is 88.2 cm³/mol. The van der Waals surface area contributed by atoms with Gasteiger partial charge in [0.25, 0.3) is 0 Å². The average Bonchev–Trinajstić information content (AvgIpc) is 2.60. The van der Waals surface area contributed by atoms with E-state index in [9.17, 15) is 14.4 Å². The molecule has 24 heavy (non-hydrogen) atoms. The zero-order valence-electron chi connectivity index (χ0n) is 13.6. The molecule has 0 aliphatic heterocycles. The lowest BCUT2D eigenvalue weighted by Crippen LogP contribution is -2.43. The van der Waals surface area contributed by atoms with E-state index in [-0.39, 0.29) is 18.7 Å². The zero-order chi connectivity index (χ0) is 17.5. The van der Waals surface area contributed by atoms with Gasteiger partial charge in [0.2, 0.25) is 5.91 Å². The van der Waals surface area contributed by atoms with Crippen LogP contribution in [0.15, 0.2) is 42.5 Å². The van der Waals surface area contributed by atoms with Crippen molar-refractivity contribution in [2.45, 2.75) is 18.9 Å². The molecule has 1 atom stereocenters. The number of hydrogen-bond donors (Lipinski definition) is 1. The SMILES string of the molecule is COC(=O)C[C@H](NC(=O)Cc1ccc2ccccc2c1)C(=O)OC. The quantitative estimate of drug-likeness (QED) is 0.814. The Labute approximate surface area is 139 Å². The fourth-order valence-corrected chi connectivity index (χ4v) is 2.37. The van der Waals surface area contributed by atoms with Gasteiger partial charge in [-0.15, -0.1) is 0 Å². The van der Waals surface area contributed by atoms with Crippen LogP contribution in [-0.2, 0) is 30.3 Å². The number of nitrogens with one attached hydrogen (secondary N) is 1. The van der Waals surface area contributed by atoms with Crippen LogP contribution < -0.4 is 5.32 Å². The number of amides is 1. The first-order valence-electron chi connectivity index (χ1n) is 7.45. The minimum absolute atomic E-state index is 0.0967. The van der Waals surface area contributed by atoms with E-state index in [1.54, 1.807) is 0 Å². The second kappa shape index (κ2) is 8.10. The highest BCUT2D eigenvalue weighted by Gasteiger charge is 2.25. The zero-order valence-corrected chi connectivity index (χ0v) is 13.6. The van der Waals surface area contributed by atoms with Crippen LogP contribution >= 0.6 is 0 Å². The Balaban J connectivity index is 2.05. The normalized spacial score (nSPS) is 11.6. The summed E-state index contributed by atoms with van der Waals surface area (Å²) in [6.45, 7) is 0. The summed E-state index contributed by atoms with van der Waals surface area (Å²) in [7, 11) is 2.41. The Kier molecular flexibility index (Phi) is 5.89. The van der Waals surface area contributed by atoms with Crippen molar-refractivity contribution < 1.29 is 23.9 Å². The molecule has 0 saturated heterocycles. The number of hydrogen-bond acceptors (Lipinski definition) is 5. The molecule has 0 fully saturated rings. The van der Waals surface area contributed by atoms with Gasteiger partial charge in [0.05, 0.1) is 27.1 Å². The molecule has 2 aromatic carbocycles. The number of carbonyl (C=O) groups is 3. The number of carbonyl (C=O) groups excluding carboxylic acids is 3. The lowest BCUT2D eigenvalue weighted by atomic mass is 10.0. The van der Waals surface area contributed by atoms with Gasteiger partial charge in [-0.3, -0.25) is 9.59 Å².